The fourth-order valence-corrected chi connectivity index (χ4v) is 2.99. The van der Waals surface area contributed by atoms with E-state index in [0.717, 1.165) is 25.0 Å². The van der Waals surface area contributed by atoms with Gasteiger partial charge in [0.05, 0.1) is 11.1 Å². The molecule has 21 heavy (non-hydrogen) atoms. The van der Waals surface area contributed by atoms with Crippen molar-refractivity contribution in [2.45, 2.75) is 19.0 Å². The van der Waals surface area contributed by atoms with Crippen LogP contribution in [-0.2, 0) is 6.18 Å². The van der Waals surface area contributed by atoms with Gasteiger partial charge in [-0.3, -0.25) is 4.79 Å². The average molecular weight is 368 g/mol. The molecule has 0 aromatic heterocycles. The summed E-state index contributed by atoms with van der Waals surface area (Å²) in [5, 5.41) is 0.710. The first-order valence-electron chi connectivity index (χ1n) is 6.55. The molecule has 0 N–H and O–H groups in total. The lowest BCUT2D eigenvalue weighted by Crippen LogP contribution is -2.40. The smallest absolute Gasteiger partial charge is 0.338 e. The highest BCUT2D eigenvalue weighted by molar-refractivity contribution is 9.09. The van der Waals surface area contributed by atoms with Gasteiger partial charge in [0.2, 0.25) is 0 Å². The molecule has 1 amide bonds. The topological polar surface area (TPSA) is 20.3 Å². The molecular weight excluding hydrogens is 354 g/mol. The summed E-state index contributed by atoms with van der Waals surface area (Å²) >= 11 is 3.34. The van der Waals surface area contributed by atoms with Crippen LogP contribution in [0.2, 0.25) is 0 Å². The standard InChI is InChI=1S/C14H14BrF4NO/c15-7-9-3-2-6-20(8-9)13(21)10-4-1-5-11(12(10)16)14(17,18)19/h1,4-5,9H,2-3,6-8H2. The first kappa shape index (κ1) is 16.3. The van der Waals surface area contributed by atoms with Gasteiger partial charge in [-0.2, -0.15) is 13.2 Å². The molecule has 2 nitrogen and oxygen atoms in total. The maximum atomic E-state index is 14.0. The number of carbonyl (C=O) groups is 1. The maximum absolute atomic E-state index is 14.0. The van der Waals surface area contributed by atoms with Crippen LogP contribution in [0.4, 0.5) is 17.6 Å². The van der Waals surface area contributed by atoms with Gasteiger partial charge in [-0.05, 0) is 30.9 Å². The van der Waals surface area contributed by atoms with E-state index in [1.54, 1.807) is 0 Å². The van der Waals surface area contributed by atoms with Crippen molar-refractivity contribution in [2.75, 3.05) is 18.4 Å². The van der Waals surface area contributed by atoms with Crippen LogP contribution in [0.1, 0.15) is 28.8 Å². The van der Waals surface area contributed by atoms with Gasteiger partial charge < -0.3 is 4.90 Å². The summed E-state index contributed by atoms with van der Waals surface area (Å²) in [4.78, 5) is 13.7. The molecule has 0 aliphatic carbocycles. The summed E-state index contributed by atoms with van der Waals surface area (Å²) < 4.78 is 52.0. The molecule has 0 bridgehead atoms. The Kier molecular flexibility index (Phi) is 4.91. The van der Waals surface area contributed by atoms with Gasteiger partial charge in [0.1, 0.15) is 5.82 Å². The van der Waals surface area contributed by atoms with Crippen LogP contribution in [-0.4, -0.2) is 29.2 Å². The molecule has 7 heteroatoms. The van der Waals surface area contributed by atoms with Crippen molar-refractivity contribution in [3.8, 4) is 0 Å². The van der Waals surface area contributed by atoms with Crippen molar-refractivity contribution >= 4 is 21.8 Å². The molecule has 0 spiro atoms. The summed E-state index contributed by atoms with van der Waals surface area (Å²) in [7, 11) is 0. The van der Waals surface area contributed by atoms with E-state index in [2.05, 4.69) is 15.9 Å². The number of halogens is 5. The highest BCUT2D eigenvalue weighted by Crippen LogP contribution is 2.33. The van der Waals surface area contributed by atoms with E-state index in [-0.39, 0.29) is 5.92 Å². The lowest BCUT2D eigenvalue weighted by Gasteiger charge is -2.32. The summed E-state index contributed by atoms with van der Waals surface area (Å²) in [6.45, 7) is 0.873. The molecule has 1 aliphatic rings. The Morgan fingerprint density at radius 1 is 1.38 bits per heavy atom. The number of amides is 1. The van der Waals surface area contributed by atoms with Crippen LogP contribution in [0.5, 0.6) is 0 Å². The summed E-state index contributed by atoms with van der Waals surface area (Å²) in [5.41, 5.74) is -1.91. The zero-order valence-corrected chi connectivity index (χ0v) is 12.7. The van der Waals surface area contributed by atoms with Gasteiger partial charge in [-0.25, -0.2) is 4.39 Å². The van der Waals surface area contributed by atoms with E-state index >= 15 is 0 Å². The fraction of sp³-hybridized carbons (Fsp3) is 0.500. The van der Waals surface area contributed by atoms with Crippen LogP contribution in [0, 0.1) is 11.7 Å². The number of alkyl halides is 4. The van der Waals surface area contributed by atoms with E-state index in [9.17, 15) is 22.4 Å². The van der Waals surface area contributed by atoms with E-state index in [1.807, 2.05) is 0 Å². The normalized spacial score (nSPS) is 19.7. The predicted molar refractivity (Wildman–Crippen MR) is 73.8 cm³/mol. The van der Waals surface area contributed by atoms with Gasteiger partial charge in [0.25, 0.3) is 5.91 Å². The third-order valence-corrected chi connectivity index (χ3v) is 4.47. The quantitative estimate of drug-likeness (QED) is 0.569. The number of hydrogen-bond acceptors (Lipinski definition) is 1. The molecule has 1 aromatic carbocycles. The van der Waals surface area contributed by atoms with E-state index < -0.39 is 29.0 Å². The second-order valence-corrected chi connectivity index (χ2v) is 5.73. The van der Waals surface area contributed by atoms with Gasteiger partial charge in [-0.15, -0.1) is 0 Å². The summed E-state index contributed by atoms with van der Waals surface area (Å²) in [6, 6.07) is 2.80. The minimum absolute atomic E-state index is 0.247. The van der Waals surface area contributed by atoms with Gasteiger partial charge >= 0.3 is 6.18 Å². The largest absolute Gasteiger partial charge is 0.419 e. The zero-order valence-electron chi connectivity index (χ0n) is 11.1. The van der Waals surface area contributed by atoms with E-state index in [0.29, 0.717) is 24.5 Å². The first-order valence-corrected chi connectivity index (χ1v) is 7.67. The van der Waals surface area contributed by atoms with Crippen LogP contribution in [0.15, 0.2) is 18.2 Å². The van der Waals surface area contributed by atoms with Crippen molar-refractivity contribution < 1.29 is 22.4 Å². The number of benzene rings is 1. The third-order valence-electron chi connectivity index (χ3n) is 3.56. The zero-order chi connectivity index (χ0) is 15.6. The highest BCUT2D eigenvalue weighted by Gasteiger charge is 2.36. The summed E-state index contributed by atoms with van der Waals surface area (Å²) in [5.74, 6) is -1.92. The Morgan fingerprint density at radius 3 is 2.71 bits per heavy atom. The van der Waals surface area contributed by atoms with Crippen LogP contribution >= 0.6 is 15.9 Å². The van der Waals surface area contributed by atoms with Crippen molar-refractivity contribution in [1.29, 1.82) is 0 Å². The molecule has 2 rings (SSSR count). The molecule has 1 aliphatic heterocycles. The number of nitrogens with zero attached hydrogens (tertiary/aromatic N) is 1. The van der Waals surface area contributed by atoms with Crippen LogP contribution in [0.3, 0.4) is 0 Å². The predicted octanol–water partition coefficient (Wildman–Crippen LogP) is 4.09. The Hall–Kier alpha value is -1.11. The minimum atomic E-state index is -4.80. The molecule has 1 saturated heterocycles. The SMILES string of the molecule is O=C(c1cccc(C(F)(F)F)c1F)N1CCCC(CBr)C1. The second-order valence-electron chi connectivity index (χ2n) is 5.08. The average Bonchev–Trinajstić information content (AvgIpc) is 2.45. The first-order chi connectivity index (χ1) is 9.84. The van der Waals surface area contributed by atoms with Crippen molar-refractivity contribution in [3.63, 3.8) is 0 Å². The third kappa shape index (κ3) is 3.56. The van der Waals surface area contributed by atoms with Crippen molar-refractivity contribution in [3.05, 3.63) is 35.1 Å². The Morgan fingerprint density at radius 2 is 2.10 bits per heavy atom. The number of likely N-dealkylation sites (tertiary alicyclic amines) is 1. The number of hydrogen-bond donors (Lipinski definition) is 0. The lowest BCUT2D eigenvalue weighted by atomic mass is 9.99. The van der Waals surface area contributed by atoms with Crippen LogP contribution in [0.25, 0.3) is 0 Å². The molecule has 0 radical (unpaired) electrons. The number of piperidine rings is 1. The molecule has 1 heterocycles. The lowest BCUT2D eigenvalue weighted by molar-refractivity contribution is -0.140. The monoisotopic (exact) mass is 367 g/mol. The van der Waals surface area contributed by atoms with Crippen molar-refractivity contribution in [2.24, 2.45) is 5.92 Å². The molecule has 1 aromatic rings. The molecule has 1 fully saturated rings. The summed E-state index contributed by atoms with van der Waals surface area (Å²) in [6.07, 6.45) is -3.09. The number of carbonyl (C=O) groups excluding carboxylic acids is 1. The second kappa shape index (κ2) is 6.34. The van der Waals surface area contributed by atoms with Gasteiger partial charge in [-0.1, -0.05) is 22.0 Å². The van der Waals surface area contributed by atoms with Crippen LogP contribution < -0.4 is 0 Å². The Bertz CT molecular complexity index is 532. The molecule has 1 atom stereocenters. The van der Waals surface area contributed by atoms with Gasteiger partial charge in [0, 0.05) is 18.4 Å². The number of rotatable bonds is 2. The molecular formula is C14H14BrF4NO. The Balaban J connectivity index is 2.27. The fourth-order valence-electron chi connectivity index (χ4n) is 2.46. The van der Waals surface area contributed by atoms with Crippen molar-refractivity contribution in [1.82, 2.24) is 4.90 Å². The molecule has 0 saturated carbocycles. The minimum Gasteiger partial charge on any atom is -0.338 e. The highest BCUT2D eigenvalue weighted by atomic mass is 79.9. The van der Waals surface area contributed by atoms with E-state index in [4.69, 9.17) is 0 Å². The Labute approximate surface area is 128 Å². The maximum Gasteiger partial charge on any atom is 0.419 e. The van der Waals surface area contributed by atoms with E-state index in [1.165, 1.54) is 4.90 Å². The van der Waals surface area contributed by atoms with Gasteiger partial charge in [0.15, 0.2) is 0 Å². The molecule has 1 unspecified atom stereocenters. The molecule has 116 valence electrons.